The fraction of sp³-hybridized carbons (Fsp3) is 0.176. The van der Waals surface area contributed by atoms with Crippen molar-refractivity contribution in [2.45, 2.75) is 10.9 Å². The van der Waals surface area contributed by atoms with Crippen molar-refractivity contribution in [3.05, 3.63) is 47.5 Å². The zero-order chi connectivity index (χ0) is 22.5. The summed E-state index contributed by atoms with van der Waals surface area (Å²) in [5.74, 6) is 0.269. The summed E-state index contributed by atoms with van der Waals surface area (Å²) < 4.78 is 7.87. The number of carbonyl (C=O) groups is 1. The Bertz CT molecular complexity index is 1260. The van der Waals surface area contributed by atoms with Crippen LogP contribution in [-0.2, 0) is 12.8 Å². The Hall–Kier alpha value is -4.27. The molecule has 0 saturated heterocycles. The van der Waals surface area contributed by atoms with Gasteiger partial charge in [-0.3, -0.25) is 4.79 Å². The van der Waals surface area contributed by atoms with Crippen molar-refractivity contribution < 1.29 is 14.5 Å². The average molecular weight is 455 g/mol. The van der Waals surface area contributed by atoms with Crippen LogP contribution in [-0.4, -0.2) is 64.3 Å². The van der Waals surface area contributed by atoms with Crippen LogP contribution in [0.2, 0.25) is 0 Å². The number of phenols is 1. The van der Waals surface area contributed by atoms with E-state index in [1.807, 2.05) is 0 Å². The zero-order valence-corrected chi connectivity index (χ0v) is 17.7. The van der Waals surface area contributed by atoms with Gasteiger partial charge in [0.2, 0.25) is 11.6 Å². The van der Waals surface area contributed by atoms with Gasteiger partial charge in [-0.15, -0.1) is 15.3 Å². The predicted octanol–water partition coefficient (Wildman–Crippen LogP) is 0.582. The number of aryl methyl sites for hydroxylation is 1. The number of para-hydroxylation sites is 1. The van der Waals surface area contributed by atoms with Crippen molar-refractivity contribution >= 4 is 29.7 Å². The van der Waals surface area contributed by atoms with Crippen LogP contribution in [0, 0.1) is 0 Å². The highest BCUT2D eigenvalue weighted by Gasteiger charge is 2.25. The second-order valence-corrected chi connectivity index (χ2v) is 7.20. The lowest BCUT2D eigenvalue weighted by atomic mass is 10.2. The number of nitrogens with one attached hydrogen (secondary N) is 2. The molecule has 0 aliphatic heterocycles. The lowest BCUT2D eigenvalue weighted by Gasteiger charge is -2.06. The highest BCUT2D eigenvalue weighted by molar-refractivity contribution is 7.98. The topological polar surface area (TPSA) is 174 Å². The molecule has 0 aliphatic carbocycles. The number of rotatable bonds is 8. The zero-order valence-electron chi connectivity index (χ0n) is 16.9. The Balaban J connectivity index is 1.61. The molecule has 1 aromatic carbocycles. The minimum atomic E-state index is -0.598. The summed E-state index contributed by atoms with van der Waals surface area (Å²) in [6.45, 7) is 0. The second kappa shape index (κ2) is 9.25. The van der Waals surface area contributed by atoms with Gasteiger partial charge in [-0.25, -0.2) is 10.1 Å². The van der Waals surface area contributed by atoms with Gasteiger partial charge in [-0.2, -0.15) is 9.78 Å². The quantitative estimate of drug-likeness (QED) is 0.193. The Kier molecular flexibility index (Phi) is 6.07. The van der Waals surface area contributed by atoms with E-state index < -0.39 is 5.91 Å². The normalized spacial score (nSPS) is 11.2. The first-order valence-electron chi connectivity index (χ1n) is 9.12. The number of hydrogen-bond acceptors (Lipinski definition) is 12. The van der Waals surface area contributed by atoms with Crippen LogP contribution in [0.4, 0.5) is 5.82 Å². The van der Waals surface area contributed by atoms with Gasteiger partial charge in [-0.1, -0.05) is 29.1 Å². The van der Waals surface area contributed by atoms with Crippen LogP contribution in [0.15, 0.2) is 45.5 Å². The minimum absolute atomic E-state index is 0.0270. The molecule has 32 heavy (non-hydrogen) atoms. The number of aromatic nitrogens is 8. The number of thioether (sulfide) groups is 1. The fourth-order valence-electron chi connectivity index (χ4n) is 2.60. The highest BCUT2D eigenvalue weighted by atomic mass is 32.2. The maximum absolute atomic E-state index is 12.8. The maximum Gasteiger partial charge on any atom is 0.293 e. The van der Waals surface area contributed by atoms with E-state index in [0.717, 1.165) is 0 Å². The van der Waals surface area contributed by atoms with Crippen molar-refractivity contribution in [3.8, 4) is 11.6 Å². The monoisotopic (exact) mass is 455 g/mol. The van der Waals surface area contributed by atoms with Gasteiger partial charge in [0, 0.05) is 25.4 Å². The van der Waals surface area contributed by atoms with Crippen LogP contribution >= 0.6 is 11.8 Å². The van der Waals surface area contributed by atoms with Gasteiger partial charge in [0.25, 0.3) is 5.91 Å². The summed E-state index contributed by atoms with van der Waals surface area (Å²) in [5.41, 5.74) is 3.28. The van der Waals surface area contributed by atoms with Crippen molar-refractivity contribution in [2.75, 3.05) is 12.4 Å². The predicted molar refractivity (Wildman–Crippen MR) is 112 cm³/mol. The Morgan fingerprint density at radius 3 is 2.91 bits per heavy atom. The third kappa shape index (κ3) is 4.27. The van der Waals surface area contributed by atoms with Gasteiger partial charge in [0.15, 0.2) is 10.9 Å². The molecule has 0 spiro atoms. The van der Waals surface area contributed by atoms with E-state index >= 15 is 0 Å². The van der Waals surface area contributed by atoms with Gasteiger partial charge in [0.1, 0.15) is 12.1 Å². The number of benzene rings is 1. The molecule has 164 valence electrons. The molecule has 0 unspecified atom stereocenters. The summed E-state index contributed by atoms with van der Waals surface area (Å²) in [6.07, 6.45) is 2.90. The summed E-state index contributed by atoms with van der Waals surface area (Å²) in [7, 11) is 3.45. The fourth-order valence-corrected chi connectivity index (χ4v) is 3.48. The molecule has 0 bridgehead atoms. The molecule has 0 radical (unpaired) electrons. The molecule has 3 N–H and O–H groups in total. The average Bonchev–Trinajstić information content (AvgIpc) is 3.52. The maximum atomic E-state index is 12.8. The molecule has 14 nitrogen and oxygen atoms in total. The summed E-state index contributed by atoms with van der Waals surface area (Å²) in [5, 5.41) is 40.7. The van der Waals surface area contributed by atoms with Crippen molar-refractivity contribution in [2.24, 2.45) is 12.1 Å². The number of carbonyl (C=O) groups excluding carboxylic acids is 1. The van der Waals surface area contributed by atoms with E-state index in [1.165, 1.54) is 28.7 Å². The van der Waals surface area contributed by atoms with Crippen LogP contribution in [0.3, 0.4) is 0 Å². The molecule has 0 fully saturated rings. The highest BCUT2D eigenvalue weighted by Crippen LogP contribution is 2.25. The van der Waals surface area contributed by atoms with E-state index in [1.54, 1.807) is 43.2 Å². The Morgan fingerprint density at radius 2 is 2.16 bits per heavy atom. The molecular weight excluding hydrogens is 438 g/mol. The number of phenolic OH excluding ortho intramolecular Hbond substituents is 1. The van der Waals surface area contributed by atoms with E-state index in [4.69, 9.17) is 4.63 Å². The second-order valence-electron chi connectivity index (χ2n) is 6.25. The van der Waals surface area contributed by atoms with E-state index in [2.05, 4.69) is 46.7 Å². The smallest absolute Gasteiger partial charge is 0.293 e. The molecule has 4 aromatic rings. The summed E-state index contributed by atoms with van der Waals surface area (Å²) in [4.78, 5) is 12.8. The van der Waals surface area contributed by atoms with Crippen LogP contribution in [0.1, 0.15) is 21.7 Å². The van der Waals surface area contributed by atoms with Crippen LogP contribution in [0.5, 0.6) is 5.75 Å². The first kappa shape index (κ1) is 21.0. The third-order valence-electron chi connectivity index (χ3n) is 4.20. The molecule has 0 aliphatic rings. The molecule has 0 atom stereocenters. The molecule has 4 rings (SSSR count). The number of hydrogen-bond donors (Lipinski definition) is 3. The first-order valence-corrected chi connectivity index (χ1v) is 10.1. The number of aromatic hydroxyl groups is 1. The Morgan fingerprint density at radius 1 is 1.31 bits per heavy atom. The van der Waals surface area contributed by atoms with Crippen molar-refractivity contribution in [1.82, 2.24) is 45.5 Å². The number of nitrogens with zero attached hydrogens (tertiary/aromatic N) is 9. The van der Waals surface area contributed by atoms with Crippen LogP contribution < -0.4 is 10.7 Å². The number of anilines is 1. The largest absolute Gasteiger partial charge is 0.507 e. The molecular formula is C17H17N11O3S. The van der Waals surface area contributed by atoms with Gasteiger partial charge in [0.05, 0.1) is 11.9 Å². The standard InChI is InChI=1S/C17H17N11O3S/c1-18-14-15(25-31-24-14)28-11(8-32-17-23-20-9-27(17)2)13(21-26-28)16(30)22-19-7-10-5-3-4-6-12(10)29/h3-7,9,29H,8H2,1-2H3,(H,18,24)(H,22,30)/b19-7+. The van der Waals surface area contributed by atoms with E-state index in [0.29, 0.717) is 22.2 Å². The van der Waals surface area contributed by atoms with Crippen LogP contribution in [0.25, 0.3) is 5.82 Å². The summed E-state index contributed by atoms with van der Waals surface area (Å²) >= 11 is 1.33. The third-order valence-corrected chi connectivity index (χ3v) is 5.25. The number of amides is 1. The SMILES string of the molecule is CNc1nonc1-n1nnc(C(=O)N/N=C/c2ccccc2O)c1CSc1nncn1C. The Labute approximate surface area is 184 Å². The molecule has 15 heteroatoms. The van der Waals surface area contributed by atoms with Gasteiger partial charge >= 0.3 is 0 Å². The molecule has 3 heterocycles. The minimum Gasteiger partial charge on any atom is -0.507 e. The lowest BCUT2D eigenvalue weighted by molar-refractivity contribution is 0.0949. The molecule has 3 aromatic heterocycles. The molecule has 1 amide bonds. The van der Waals surface area contributed by atoms with Gasteiger partial charge in [-0.05, 0) is 22.4 Å². The van der Waals surface area contributed by atoms with Crippen molar-refractivity contribution in [3.63, 3.8) is 0 Å². The molecule has 0 saturated carbocycles. The van der Waals surface area contributed by atoms with Gasteiger partial charge < -0.3 is 15.0 Å². The summed E-state index contributed by atoms with van der Waals surface area (Å²) in [6, 6.07) is 6.59. The first-order chi connectivity index (χ1) is 15.6. The van der Waals surface area contributed by atoms with Crippen molar-refractivity contribution in [1.29, 1.82) is 0 Å². The number of hydrazone groups is 1. The lowest BCUT2D eigenvalue weighted by Crippen LogP contribution is -2.20. The van der Waals surface area contributed by atoms with E-state index in [9.17, 15) is 9.90 Å². The van der Waals surface area contributed by atoms with E-state index in [-0.39, 0.29) is 23.0 Å².